The highest BCUT2D eigenvalue weighted by atomic mass is 31.1. The van der Waals surface area contributed by atoms with Crippen molar-refractivity contribution < 1.29 is 14.8 Å². The van der Waals surface area contributed by atoms with E-state index in [0.717, 1.165) is 0 Å². The Labute approximate surface area is 60.1 Å². The topological polar surface area (TPSA) is 86.4 Å². The first kappa shape index (κ1) is 9.56. The number of rotatable bonds is 3. The summed E-state index contributed by atoms with van der Waals surface area (Å²) in [5.41, 5.74) is 5.11. The number of carbonyl (C=O) groups is 1. The van der Waals surface area contributed by atoms with Crippen molar-refractivity contribution in [2.45, 2.75) is 12.5 Å². The van der Waals surface area contributed by atoms with Crippen LogP contribution in [0.15, 0.2) is 0 Å². The zero-order chi connectivity index (χ0) is 8.15. The van der Waals surface area contributed by atoms with Crippen LogP contribution < -0.4 is 10.6 Å². The molecule has 2 atom stereocenters. The van der Waals surface area contributed by atoms with Crippen molar-refractivity contribution >= 4 is 19.5 Å². The van der Waals surface area contributed by atoms with Crippen LogP contribution in [0, 0.1) is 0 Å². The number of carboxylic acids is 1. The van der Waals surface area contributed by atoms with E-state index in [4.69, 9.17) is 10.8 Å². The molecule has 1 unspecified atom stereocenters. The van der Waals surface area contributed by atoms with Gasteiger partial charge in [0.1, 0.15) is 6.04 Å². The number of aliphatic carboxylic acids is 1. The second-order valence-corrected chi connectivity index (χ2v) is 3.37. The standard InChI is InChI=1S/C5H10NO3P/c1-10(9)3-2-4(6)5(7)8/h3-4H,2,6H2,1H3,(H,7,8)/t4-/m0/s1. The Bertz CT molecular complexity index is 153. The van der Waals surface area contributed by atoms with Gasteiger partial charge >= 0.3 is 5.97 Å². The lowest BCUT2D eigenvalue weighted by atomic mass is 10.2. The highest BCUT2D eigenvalue weighted by Gasteiger charge is 2.09. The molecule has 5 heteroatoms. The first-order valence-electron chi connectivity index (χ1n) is 2.75. The van der Waals surface area contributed by atoms with E-state index in [2.05, 4.69) is 0 Å². The summed E-state index contributed by atoms with van der Waals surface area (Å²) < 4.78 is 0. The van der Waals surface area contributed by atoms with Gasteiger partial charge in [-0.15, -0.1) is 0 Å². The third kappa shape index (κ3) is 4.44. The average molecular weight is 163 g/mol. The minimum atomic E-state index is -1.38. The van der Waals surface area contributed by atoms with Gasteiger partial charge in [0.2, 0.25) is 0 Å². The van der Waals surface area contributed by atoms with Gasteiger partial charge in [0, 0.05) is 14.2 Å². The van der Waals surface area contributed by atoms with Gasteiger partial charge < -0.3 is 15.7 Å². The fourth-order valence-electron chi connectivity index (χ4n) is 0.363. The van der Waals surface area contributed by atoms with E-state index < -0.39 is 19.8 Å². The first-order valence-corrected chi connectivity index (χ1v) is 4.53. The fourth-order valence-corrected chi connectivity index (χ4v) is 0.887. The molecule has 4 nitrogen and oxygen atoms in total. The molecular formula is C5H10NO3P. The molecule has 0 saturated carbocycles. The van der Waals surface area contributed by atoms with Crippen LogP contribution in [-0.2, 0) is 4.79 Å². The van der Waals surface area contributed by atoms with Gasteiger partial charge in [0.25, 0.3) is 0 Å². The average Bonchev–Trinajstić information content (AvgIpc) is 1.82. The molecule has 0 aliphatic heterocycles. The number of nitrogens with two attached hydrogens (primary N) is 1. The van der Waals surface area contributed by atoms with Crippen molar-refractivity contribution in [3.63, 3.8) is 0 Å². The number of hydrogen-bond donors (Lipinski definition) is 2. The molecule has 10 heavy (non-hydrogen) atoms. The summed E-state index contributed by atoms with van der Waals surface area (Å²) in [6.07, 6.45) is 0.168. The Kier molecular flexibility index (Phi) is 4.19. The van der Waals surface area contributed by atoms with Crippen molar-refractivity contribution in [1.82, 2.24) is 0 Å². The van der Waals surface area contributed by atoms with Gasteiger partial charge in [-0.3, -0.25) is 4.79 Å². The molecule has 0 rings (SSSR count). The quantitative estimate of drug-likeness (QED) is 0.521. The Morgan fingerprint density at radius 3 is 2.80 bits per heavy atom. The van der Waals surface area contributed by atoms with Crippen LogP contribution >= 0.6 is 7.77 Å². The highest BCUT2D eigenvalue weighted by molar-refractivity contribution is 7.49. The molecule has 0 aliphatic carbocycles. The predicted molar refractivity (Wildman–Crippen MR) is 39.1 cm³/mol. The van der Waals surface area contributed by atoms with E-state index in [1.54, 1.807) is 0 Å². The van der Waals surface area contributed by atoms with Crippen LogP contribution in [0.25, 0.3) is 0 Å². The minimum absolute atomic E-state index is 0.168. The van der Waals surface area contributed by atoms with Crippen molar-refractivity contribution in [1.29, 1.82) is 0 Å². The SMILES string of the molecule is C[P+]([O-])=CC[C@H](N)C(=O)O. The molecule has 0 radical (unpaired) electrons. The maximum Gasteiger partial charge on any atom is 0.320 e. The minimum Gasteiger partial charge on any atom is -0.631 e. The van der Waals surface area contributed by atoms with Crippen molar-refractivity contribution in [3.8, 4) is 0 Å². The van der Waals surface area contributed by atoms with E-state index >= 15 is 0 Å². The zero-order valence-corrected chi connectivity index (χ0v) is 6.54. The maximum absolute atomic E-state index is 10.4. The second kappa shape index (κ2) is 4.39. The smallest absolute Gasteiger partial charge is 0.320 e. The first-order chi connectivity index (χ1) is 4.54. The van der Waals surface area contributed by atoms with Crippen LogP contribution in [0.2, 0.25) is 0 Å². The summed E-state index contributed by atoms with van der Waals surface area (Å²) in [5.74, 6) is 0.349. The molecule has 3 N–H and O–H groups in total. The molecule has 0 aliphatic rings. The predicted octanol–water partition coefficient (Wildman–Crippen LogP) is -1.02. The lowest BCUT2D eigenvalue weighted by molar-refractivity contribution is -0.151. The van der Waals surface area contributed by atoms with E-state index in [0.29, 0.717) is 0 Å². The molecule has 0 aromatic rings. The molecule has 0 saturated heterocycles. The van der Waals surface area contributed by atoms with Gasteiger partial charge in [-0.25, -0.2) is 0 Å². The number of carboxylic acid groups (broad SMARTS) is 1. The molecule has 58 valence electrons. The van der Waals surface area contributed by atoms with Crippen LogP contribution in [0.3, 0.4) is 0 Å². The number of hydrogen-bond acceptors (Lipinski definition) is 3. The Balaban J connectivity index is 3.70. The lowest BCUT2D eigenvalue weighted by Gasteiger charge is -1.98. The van der Waals surface area contributed by atoms with Gasteiger partial charge in [0.15, 0.2) is 0 Å². The Morgan fingerprint density at radius 1 is 2.00 bits per heavy atom. The third-order valence-electron chi connectivity index (χ3n) is 0.934. The maximum atomic E-state index is 10.4. The molecule has 0 amide bonds. The third-order valence-corrected chi connectivity index (χ3v) is 1.66. The molecular weight excluding hydrogens is 153 g/mol. The van der Waals surface area contributed by atoms with Crippen LogP contribution in [0.5, 0.6) is 0 Å². The van der Waals surface area contributed by atoms with E-state index in [1.165, 1.54) is 12.5 Å². The molecule has 0 heterocycles. The summed E-state index contributed by atoms with van der Waals surface area (Å²) in [4.78, 5) is 20.5. The van der Waals surface area contributed by atoms with Gasteiger partial charge in [-0.1, -0.05) is 0 Å². The summed E-state index contributed by atoms with van der Waals surface area (Å²) in [7, 11) is -1.38. The molecule has 0 fully saturated rings. The zero-order valence-electron chi connectivity index (χ0n) is 5.65. The van der Waals surface area contributed by atoms with Gasteiger partial charge in [-0.05, 0) is 0 Å². The molecule has 0 bridgehead atoms. The second-order valence-electron chi connectivity index (χ2n) is 1.91. The van der Waals surface area contributed by atoms with Crippen LogP contribution in [0.1, 0.15) is 6.42 Å². The van der Waals surface area contributed by atoms with Crippen LogP contribution in [-0.4, -0.2) is 29.6 Å². The molecule has 0 spiro atoms. The Morgan fingerprint density at radius 2 is 2.50 bits per heavy atom. The van der Waals surface area contributed by atoms with Crippen molar-refractivity contribution in [3.05, 3.63) is 0 Å². The monoisotopic (exact) mass is 163 g/mol. The van der Waals surface area contributed by atoms with E-state index in [1.807, 2.05) is 0 Å². The van der Waals surface area contributed by atoms with E-state index in [-0.39, 0.29) is 6.42 Å². The largest absolute Gasteiger partial charge is 0.631 e. The normalized spacial score (nSPS) is 14.9. The summed E-state index contributed by atoms with van der Waals surface area (Å²) in [6, 6.07) is -0.918. The Hall–Kier alpha value is -0.440. The van der Waals surface area contributed by atoms with E-state index in [9.17, 15) is 9.69 Å². The lowest BCUT2D eigenvalue weighted by Crippen LogP contribution is -2.30. The van der Waals surface area contributed by atoms with Crippen molar-refractivity contribution in [2.75, 3.05) is 6.66 Å². The summed E-state index contributed by atoms with van der Waals surface area (Å²) in [6.45, 7) is 1.50. The fraction of sp³-hybridized carbons (Fsp3) is 0.600. The van der Waals surface area contributed by atoms with Gasteiger partial charge in [-0.2, -0.15) is 0 Å². The summed E-state index contributed by atoms with van der Waals surface area (Å²) in [5, 5.41) is 8.26. The highest BCUT2D eigenvalue weighted by Crippen LogP contribution is 2.01. The van der Waals surface area contributed by atoms with Crippen molar-refractivity contribution in [2.24, 2.45) is 5.73 Å². The molecule has 0 aromatic heterocycles. The van der Waals surface area contributed by atoms with Crippen LogP contribution in [0.4, 0.5) is 0 Å². The molecule has 0 aromatic carbocycles. The summed E-state index contributed by atoms with van der Waals surface area (Å²) >= 11 is 0. The van der Waals surface area contributed by atoms with Gasteiger partial charge in [0.05, 0.1) is 12.5 Å².